The molecule has 0 atom stereocenters. The third-order valence-electron chi connectivity index (χ3n) is 3.88. The zero-order valence-electron chi connectivity index (χ0n) is 12.7. The Balaban J connectivity index is 1.84. The minimum atomic E-state index is 0.0875. The van der Waals surface area contributed by atoms with Crippen LogP contribution in [-0.2, 0) is 13.6 Å². The van der Waals surface area contributed by atoms with Crippen molar-refractivity contribution in [3.05, 3.63) is 59.9 Å². The summed E-state index contributed by atoms with van der Waals surface area (Å²) in [6, 6.07) is 15.8. The van der Waals surface area contributed by atoms with Crippen LogP contribution in [0.4, 0.5) is 5.69 Å². The van der Waals surface area contributed by atoms with E-state index < -0.39 is 0 Å². The van der Waals surface area contributed by atoms with E-state index in [9.17, 15) is 0 Å². The van der Waals surface area contributed by atoms with Gasteiger partial charge in [-0.2, -0.15) is 0 Å². The Hall–Kier alpha value is -2.82. The number of nitrogens with zero attached hydrogens (tertiary/aromatic N) is 3. The molecular formula is C17H19N5. The van der Waals surface area contributed by atoms with Gasteiger partial charge in [-0.15, -0.1) is 0 Å². The van der Waals surface area contributed by atoms with E-state index in [-0.39, 0.29) is 5.84 Å². The molecule has 0 radical (unpaired) electrons. The highest BCUT2D eigenvalue weighted by Crippen LogP contribution is 2.19. The molecule has 22 heavy (non-hydrogen) atoms. The number of hydrogen-bond acceptors (Lipinski definition) is 3. The van der Waals surface area contributed by atoms with E-state index >= 15 is 0 Å². The summed E-state index contributed by atoms with van der Waals surface area (Å²) in [6.07, 6.45) is 0. The van der Waals surface area contributed by atoms with Gasteiger partial charge in [0.05, 0.1) is 17.6 Å². The zero-order valence-corrected chi connectivity index (χ0v) is 12.7. The summed E-state index contributed by atoms with van der Waals surface area (Å²) < 4.78 is 2.12. The molecule has 0 aliphatic rings. The maximum atomic E-state index is 7.43. The van der Waals surface area contributed by atoms with Crippen molar-refractivity contribution in [1.29, 1.82) is 5.41 Å². The molecule has 1 aromatic heterocycles. The van der Waals surface area contributed by atoms with Crippen LogP contribution in [0.25, 0.3) is 11.0 Å². The predicted octanol–water partition coefficient (Wildman–Crippen LogP) is 2.49. The number of benzene rings is 2. The van der Waals surface area contributed by atoms with Crippen molar-refractivity contribution >= 4 is 22.6 Å². The number of anilines is 1. The number of aryl methyl sites for hydroxylation is 1. The molecule has 5 heteroatoms. The minimum absolute atomic E-state index is 0.0875. The Morgan fingerprint density at radius 3 is 2.50 bits per heavy atom. The van der Waals surface area contributed by atoms with Gasteiger partial charge in [-0.1, -0.05) is 12.1 Å². The van der Waals surface area contributed by atoms with Crippen LogP contribution < -0.4 is 10.6 Å². The van der Waals surface area contributed by atoms with Gasteiger partial charge in [0, 0.05) is 25.3 Å². The average Bonchev–Trinajstić information content (AvgIpc) is 2.84. The summed E-state index contributed by atoms with van der Waals surface area (Å²) in [7, 11) is 4.07. The number of rotatable bonds is 4. The van der Waals surface area contributed by atoms with Crippen molar-refractivity contribution in [3.63, 3.8) is 0 Å². The van der Waals surface area contributed by atoms with Crippen molar-refractivity contribution in [3.8, 4) is 0 Å². The summed E-state index contributed by atoms with van der Waals surface area (Å²) in [5, 5.41) is 7.43. The average molecular weight is 293 g/mol. The molecule has 112 valence electrons. The third kappa shape index (κ3) is 2.53. The Labute approximate surface area is 129 Å². The molecule has 0 saturated carbocycles. The molecule has 2 aromatic carbocycles. The second-order valence-electron chi connectivity index (χ2n) is 5.39. The van der Waals surface area contributed by atoms with E-state index in [0.717, 1.165) is 28.1 Å². The normalized spacial score (nSPS) is 10.8. The van der Waals surface area contributed by atoms with Crippen LogP contribution in [0, 0.1) is 5.41 Å². The van der Waals surface area contributed by atoms with Crippen molar-refractivity contribution in [2.45, 2.75) is 6.54 Å². The summed E-state index contributed by atoms with van der Waals surface area (Å²) in [5.41, 5.74) is 9.44. The van der Waals surface area contributed by atoms with E-state index in [4.69, 9.17) is 16.1 Å². The minimum Gasteiger partial charge on any atom is -0.384 e. The molecule has 0 spiro atoms. The number of nitrogens with two attached hydrogens (primary N) is 1. The standard InChI is InChI=1S/C17H19N5/c1-21(13-9-7-12(8-10-13)17(18)19)11-16-20-14-5-3-4-6-15(14)22(16)2/h3-10H,11H2,1-2H3,(H3,18,19). The molecule has 5 nitrogen and oxygen atoms in total. The number of nitrogen functional groups attached to an aromatic ring is 1. The molecular weight excluding hydrogens is 274 g/mol. The topological polar surface area (TPSA) is 70.9 Å². The van der Waals surface area contributed by atoms with Gasteiger partial charge < -0.3 is 15.2 Å². The fourth-order valence-electron chi connectivity index (χ4n) is 2.54. The van der Waals surface area contributed by atoms with Gasteiger partial charge in [0.1, 0.15) is 11.7 Å². The molecule has 3 rings (SSSR count). The lowest BCUT2D eigenvalue weighted by Crippen LogP contribution is -2.19. The number of para-hydroxylation sites is 2. The van der Waals surface area contributed by atoms with Gasteiger partial charge in [0.15, 0.2) is 0 Å². The molecule has 3 aromatic rings. The first-order chi connectivity index (χ1) is 10.6. The molecule has 0 bridgehead atoms. The second kappa shape index (κ2) is 5.52. The van der Waals surface area contributed by atoms with Crippen molar-refractivity contribution < 1.29 is 0 Å². The highest BCUT2D eigenvalue weighted by atomic mass is 15.2. The fourth-order valence-corrected chi connectivity index (χ4v) is 2.54. The van der Waals surface area contributed by atoms with Crippen LogP contribution in [0.1, 0.15) is 11.4 Å². The van der Waals surface area contributed by atoms with Gasteiger partial charge >= 0.3 is 0 Å². The quantitative estimate of drug-likeness (QED) is 0.573. The van der Waals surface area contributed by atoms with Crippen LogP contribution >= 0.6 is 0 Å². The van der Waals surface area contributed by atoms with Crippen LogP contribution in [0.2, 0.25) is 0 Å². The van der Waals surface area contributed by atoms with Crippen LogP contribution in [0.15, 0.2) is 48.5 Å². The van der Waals surface area contributed by atoms with Gasteiger partial charge in [-0.3, -0.25) is 5.41 Å². The molecule has 3 N–H and O–H groups in total. The molecule has 0 unspecified atom stereocenters. The Morgan fingerprint density at radius 1 is 1.18 bits per heavy atom. The predicted molar refractivity (Wildman–Crippen MR) is 90.3 cm³/mol. The number of aromatic nitrogens is 2. The molecule has 0 aliphatic heterocycles. The number of hydrogen-bond donors (Lipinski definition) is 2. The summed E-state index contributed by atoms with van der Waals surface area (Å²) in [6.45, 7) is 0.713. The van der Waals surface area contributed by atoms with E-state index in [1.165, 1.54) is 0 Å². The maximum Gasteiger partial charge on any atom is 0.129 e. The lowest BCUT2D eigenvalue weighted by molar-refractivity contribution is 0.776. The maximum absolute atomic E-state index is 7.43. The Bertz CT molecular complexity index is 817. The van der Waals surface area contributed by atoms with E-state index in [0.29, 0.717) is 6.54 Å². The van der Waals surface area contributed by atoms with Gasteiger partial charge in [-0.05, 0) is 36.4 Å². The van der Waals surface area contributed by atoms with Crippen LogP contribution in [-0.4, -0.2) is 22.4 Å². The molecule has 1 heterocycles. The first-order valence-electron chi connectivity index (χ1n) is 7.12. The number of fused-ring (bicyclic) bond motifs is 1. The third-order valence-corrected chi connectivity index (χ3v) is 3.88. The SMILES string of the molecule is CN(Cc1nc2ccccc2n1C)c1ccc(C(=N)N)cc1. The Morgan fingerprint density at radius 2 is 1.86 bits per heavy atom. The van der Waals surface area contributed by atoms with E-state index in [1.807, 2.05) is 56.6 Å². The van der Waals surface area contributed by atoms with Gasteiger partial charge in [-0.25, -0.2) is 4.98 Å². The van der Waals surface area contributed by atoms with Gasteiger partial charge in [0.2, 0.25) is 0 Å². The molecule has 0 aliphatic carbocycles. The van der Waals surface area contributed by atoms with Crippen LogP contribution in [0.5, 0.6) is 0 Å². The summed E-state index contributed by atoms with van der Waals surface area (Å²) >= 11 is 0. The largest absolute Gasteiger partial charge is 0.384 e. The van der Waals surface area contributed by atoms with Crippen LogP contribution in [0.3, 0.4) is 0 Å². The van der Waals surface area contributed by atoms with E-state index in [2.05, 4.69) is 15.5 Å². The van der Waals surface area contributed by atoms with Crippen molar-refractivity contribution in [1.82, 2.24) is 9.55 Å². The first kappa shape index (κ1) is 14.1. The number of imidazole rings is 1. The van der Waals surface area contributed by atoms with Gasteiger partial charge in [0.25, 0.3) is 0 Å². The van der Waals surface area contributed by atoms with Crippen molar-refractivity contribution in [2.24, 2.45) is 12.8 Å². The van der Waals surface area contributed by atoms with Crippen molar-refractivity contribution in [2.75, 3.05) is 11.9 Å². The Kier molecular flexibility index (Phi) is 3.55. The number of amidine groups is 1. The molecule has 0 amide bonds. The first-order valence-corrected chi connectivity index (χ1v) is 7.12. The number of nitrogens with one attached hydrogen (secondary N) is 1. The lowest BCUT2D eigenvalue weighted by Gasteiger charge is -2.19. The smallest absolute Gasteiger partial charge is 0.129 e. The molecule has 0 saturated heterocycles. The summed E-state index contributed by atoms with van der Waals surface area (Å²) in [4.78, 5) is 6.82. The summed E-state index contributed by atoms with van der Waals surface area (Å²) in [5.74, 6) is 1.10. The second-order valence-corrected chi connectivity index (χ2v) is 5.39. The lowest BCUT2D eigenvalue weighted by atomic mass is 10.2. The highest BCUT2D eigenvalue weighted by Gasteiger charge is 2.10. The monoisotopic (exact) mass is 293 g/mol. The molecule has 0 fully saturated rings. The van der Waals surface area contributed by atoms with E-state index in [1.54, 1.807) is 0 Å². The fraction of sp³-hybridized carbons (Fsp3) is 0.176. The highest BCUT2D eigenvalue weighted by molar-refractivity contribution is 5.95. The zero-order chi connectivity index (χ0) is 15.7.